The van der Waals surface area contributed by atoms with Gasteiger partial charge >= 0.3 is 6.01 Å². The van der Waals surface area contributed by atoms with Crippen molar-refractivity contribution in [3.8, 4) is 6.01 Å². The van der Waals surface area contributed by atoms with Crippen LogP contribution in [-0.4, -0.2) is 49.0 Å². The van der Waals surface area contributed by atoms with Gasteiger partial charge in [0, 0.05) is 13.1 Å². The average molecular weight is 225 g/mol. The third-order valence-electron chi connectivity index (χ3n) is 2.95. The Morgan fingerprint density at radius 1 is 1.62 bits per heavy atom. The zero-order chi connectivity index (χ0) is 11.4. The molecule has 0 radical (unpaired) electrons. The molecule has 1 aromatic rings. The summed E-state index contributed by atoms with van der Waals surface area (Å²) in [5.41, 5.74) is 0. The van der Waals surface area contributed by atoms with Crippen molar-refractivity contribution in [1.29, 1.82) is 0 Å². The third-order valence-corrected chi connectivity index (χ3v) is 2.95. The van der Waals surface area contributed by atoms with Gasteiger partial charge in [0.1, 0.15) is 0 Å². The maximum Gasteiger partial charge on any atom is 0.336 e. The van der Waals surface area contributed by atoms with E-state index in [9.17, 15) is 0 Å². The minimum atomic E-state index is 0.408. The summed E-state index contributed by atoms with van der Waals surface area (Å²) in [5, 5.41) is 10.1. The highest BCUT2D eigenvalue weighted by molar-refractivity contribution is 5.30. The molecule has 1 fully saturated rings. The second-order valence-corrected chi connectivity index (χ2v) is 4.16. The first-order chi connectivity index (χ1) is 7.83. The Balaban J connectivity index is 1.98. The Labute approximate surface area is 95.4 Å². The number of ether oxygens (including phenoxy) is 1. The van der Waals surface area contributed by atoms with E-state index >= 15 is 0 Å². The van der Waals surface area contributed by atoms with Gasteiger partial charge in [0.2, 0.25) is 5.95 Å². The summed E-state index contributed by atoms with van der Waals surface area (Å²) in [4.78, 5) is 6.50. The van der Waals surface area contributed by atoms with Crippen molar-refractivity contribution < 1.29 is 4.74 Å². The lowest BCUT2D eigenvalue weighted by Gasteiger charge is -2.32. The van der Waals surface area contributed by atoms with E-state index in [2.05, 4.69) is 25.4 Å². The first-order valence-corrected chi connectivity index (χ1v) is 5.69. The van der Waals surface area contributed by atoms with Gasteiger partial charge in [-0.05, 0) is 32.4 Å². The van der Waals surface area contributed by atoms with E-state index < -0.39 is 0 Å². The van der Waals surface area contributed by atoms with Gasteiger partial charge in [0.05, 0.1) is 7.11 Å². The van der Waals surface area contributed by atoms with Crippen LogP contribution in [0.4, 0.5) is 5.95 Å². The number of methoxy groups -OCH3 is 1. The summed E-state index contributed by atoms with van der Waals surface area (Å²) in [6.45, 7) is 3.12. The smallest absolute Gasteiger partial charge is 0.336 e. The Kier molecular flexibility index (Phi) is 3.61. The molecule has 1 aliphatic rings. The number of nitrogens with zero attached hydrogens (tertiary/aromatic N) is 3. The number of hydrogen-bond acceptors (Lipinski definition) is 5. The number of rotatable bonds is 4. The molecule has 0 bridgehead atoms. The third kappa shape index (κ3) is 2.44. The highest BCUT2D eigenvalue weighted by Crippen LogP contribution is 2.20. The molecular weight excluding hydrogens is 206 g/mol. The quantitative estimate of drug-likeness (QED) is 0.769. The molecular formula is C10H19N5O. The minimum absolute atomic E-state index is 0.408. The predicted molar refractivity (Wildman–Crippen MR) is 61.8 cm³/mol. The predicted octanol–water partition coefficient (Wildman–Crippen LogP) is 0.249. The average Bonchev–Trinajstić information content (AvgIpc) is 2.78. The maximum atomic E-state index is 4.97. The normalized spacial score (nSPS) is 21.1. The fourth-order valence-electron chi connectivity index (χ4n) is 2.18. The number of nitrogens with one attached hydrogen (secondary N) is 2. The largest absolute Gasteiger partial charge is 0.466 e. The summed E-state index contributed by atoms with van der Waals surface area (Å²) in [7, 11) is 3.57. The van der Waals surface area contributed by atoms with Crippen molar-refractivity contribution in [3.63, 3.8) is 0 Å². The zero-order valence-electron chi connectivity index (χ0n) is 9.86. The van der Waals surface area contributed by atoms with E-state index in [0.717, 1.165) is 25.6 Å². The van der Waals surface area contributed by atoms with Crippen molar-refractivity contribution in [3.05, 3.63) is 0 Å². The Hall–Kier alpha value is -1.30. The van der Waals surface area contributed by atoms with Crippen LogP contribution < -0.4 is 15.0 Å². The topological polar surface area (TPSA) is 66.1 Å². The van der Waals surface area contributed by atoms with Crippen LogP contribution in [0.25, 0.3) is 0 Å². The van der Waals surface area contributed by atoms with Crippen LogP contribution >= 0.6 is 0 Å². The summed E-state index contributed by atoms with van der Waals surface area (Å²) >= 11 is 0. The number of aromatic amines is 1. The fourth-order valence-corrected chi connectivity index (χ4v) is 2.18. The summed E-state index contributed by atoms with van der Waals surface area (Å²) in [6.07, 6.45) is 2.48. The number of piperidine rings is 1. The van der Waals surface area contributed by atoms with Crippen LogP contribution in [0.1, 0.15) is 12.8 Å². The standard InChI is InChI=1S/C10H19N5O/c1-11-6-8-4-3-5-15(7-8)9-12-10(16-2)14-13-9/h8,11H,3-7H2,1-2H3,(H,12,13,14). The van der Waals surface area contributed by atoms with E-state index in [1.807, 2.05) is 7.05 Å². The lowest BCUT2D eigenvalue weighted by atomic mass is 9.98. The van der Waals surface area contributed by atoms with Crippen LogP contribution in [0, 0.1) is 5.92 Å². The molecule has 90 valence electrons. The van der Waals surface area contributed by atoms with Gasteiger partial charge in [-0.2, -0.15) is 4.98 Å². The molecule has 1 aromatic heterocycles. The van der Waals surface area contributed by atoms with Crippen LogP contribution in [0.5, 0.6) is 6.01 Å². The summed E-state index contributed by atoms with van der Waals surface area (Å²) in [5.74, 6) is 1.51. The number of hydrogen-bond donors (Lipinski definition) is 2. The molecule has 0 saturated carbocycles. The lowest BCUT2D eigenvalue weighted by molar-refractivity contribution is 0.380. The van der Waals surface area contributed by atoms with Gasteiger partial charge in [-0.1, -0.05) is 0 Å². The molecule has 6 heteroatoms. The van der Waals surface area contributed by atoms with Crippen LogP contribution in [0.3, 0.4) is 0 Å². The lowest BCUT2D eigenvalue weighted by Crippen LogP contribution is -2.39. The monoisotopic (exact) mass is 225 g/mol. The molecule has 1 aliphatic heterocycles. The number of H-pyrrole nitrogens is 1. The second kappa shape index (κ2) is 5.16. The highest BCUT2D eigenvalue weighted by Gasteiger charge is 2.21. The van der Waals surface area contributed by atoms with E-state index in [1.54, 1.807) is 7.11 Å². The van der Waals surface area contributed by atoms with Crippen molar-refractivity contribution in [2.75, 3.05) is 38.7 Å². The van der Waals surface area contributed by atoms with Gasteiger partial charge in [0.25, 0.3) is 0 Å². The molecule has 2 heterocycles. The maximum absolute atomic E-state index is 4.97. The Bertz CT molecular complexity index is 325. The summed E-state index contributed by atoms with van der Waals surface area (Å²) in [6, 6.07) is 0.408. The SMILES string of the molecule is CNCC1CCCN(c2nc(OC)n[nH]2)C1. The minimum Gasteiger partial charge on any atom is -0.466 e. The Morgan fingerprint density at radius 2 is 2.50 bits per heavy atom. The van der Waals surface area contributed by atoms with Gasteiger partial charge < -0.3 is 15.0 Å². The molecule has 2 N–H and O–H groups in total. The van der Waals surface area contributed by atoms with E-state index in [0.29, 0.717) is 11.9 Å². The van der Waals surface area contributed by atoms with E-state index in [-0.39, 0.29) is 0 Å². The molecule has 2 rings (SSSR count). The van der Waals surface area contributed by atoms with Crippen molar-refractivity contribution in [2.24, 2.45) is 5.92 Å². The van der Waals surface area contributed by atoms with Crippen LogP contribution in [0.2, 0.25) is 0 Å². The molecule has 1 unspecified atom stereocenters. The van der Waals surface area contributed by atoms with Gasteiger partial charge in [0.15, 0.2) is 0 Å². The van der Waals surface area contributed by atoms with Crippen molar-refractivity contribution >= 4 is 5.95 Å². The molecule has 0 amide bonds. The van der Waals surface area contributed by atoms with Crippen molar-refractivity contribution in [1.82, 2.24) is 20.5 Å². The molecule has 0 aliphatic carbocycles. The second-order valence-electron chi connectivity index (χ2n) is 4.16. The van der Waals surface area contributed by atoms with Crippen LogP contribution in [-0.2, 0) is 0 Å². The van der Waals surface area contributed by atoms with Gasteiger partial charge in [-0.25, -0.2) is 5.10 Å². The molecule has 6 nitrogen and oxygen atoms in total. The van der Waals surface area contributed by atoms with Gasteiger partial charge in [-0.3, -0.25) is 0 Å². The van der Waals surface area contributed by atoms with Crippen LogP contribution in [0.15, 0.2) is 0 Å². The van der Waals surface area contributed by atoms with E-state index in [1.165, 1.54) is 12.8 Å². The molecule has 1 atom stereocenters. The Morgan fingerprint density at radius 3 is 3.19 bits per heavy atom. The van der Waals surface area contributed by atoms with Crippen molar-refractivity contribution in [2.45, 2.75) is 12.8 Å². The highest BCUT2D eigenvalue weighted by atomic mass is 16.5. The number of aromatic nitrogens is 3. The molecule has 16 heavy (non-hydrogen) atoms. The zero-order valence-corrected chi connectivity index (χ0v) is 9.86. The molecule has 0 aromatic carbocycles. The molecule has 1 saturated heterocycles. The fraction of sp³-hybridized carbons (Fsp3) is 0.800. The first kappa shape index (κ1) is 11.2. The van der Waals surface area contributed by atoms with Gasteiger partial charge in [-0.15, -0.1) is 5.10 Å². The molecule has 0 spiro atoms. The first-order valence-electron chi connectivity index (χ1n) is 5.69. The number of anilines is 1. The summed E-state index contributed by atoms with van der Waals surface area (Å²) < 4.78 is 4.97. The van der Waals surface area contributed by atoms with E-state index in [4.69, 9.17) is 4.74 Å².